The molecule has 20 heavy (non-hydrogen) atoms. The summed E-state index contributed by atoms with van der Waals surface area (Å²) in [5.74, 6) is 0.503. The van der Waals surface area contributed by atoms with Gasteiger partial charge in [0.2, 0.25) is 0 Å². The van der Waals surface area contributed by atoms with E-state index in [9.17, 15) is 0 Å². The Morgan fingerprint density at radius 1 is 1.15 bits per heavy atom. The summed E-state index contributed by atoms with van der Waals surface area (Å²) < 4.78 is 0. The number of hydrogen-bond acceptors (Lipinski definition) is 2. The maximum absolute atomic E-state index is 5.79. The third kappa shape index (κ3) is 2.62. The quantitative estimate of drug-likeness (QED) is 0.905. The highest BCUT2D eigenvalue weighted by molar-refractivity contribution is 5.41. The third-order valence-corrected chi connectivity index (χ3v) is 4.26. The number of rotatable bonds is 2. The highest BCUT2D eigenvalue weighted by Gasteiger charge is 2.22. The van der Waals surface area contributed by atoms with Gasteiger partial charge in [-0.1, -0.05) is 48.5 Å². The fourth-order valence-electron chi connectivity index (χ4n) is 3.17. The van der Waals surface area contributed by atoms with Gasteiger partial charge in [0.1, 0.15) is 0 Å². The lowest BCUT2D eigenvalue weighted by molar-refractivity contribution is 0.328. The monoisotopic (exact) mass is 266 g/mol. The van der Waals surface area contributed by atoms with E-state index in [0.717, 1.165) is 13.1 Å². The van der Waals surface area contributed by atoms with Crippen LogP contribution in [0.5, 0.6) is 0 Å². The molecule has 0 saturated carbocycles. The smallest absolute Gasteiger partial charge is 0.0233 e. The van der Waals surface area contributed by atoms with Gasteiger partial charge in [-0.15, -0.1) is 0 Å². The van der Waals surface area contributed by atoms with Crippen LogP contribution in [0.1, 0.15) is 34.6 Å². The molecule has 0 aromatic heterocycles. The van der Waals surface area contributed by atoms with Gasteiger partial charge >= 0.3 is 0 Å². The number of benzene rings is 2. The van der Waals surface area contributed by atoms with Crippen LogP contribution in [0.25, 0.3) is 0 Å². The van der Waals surface area contributed by atoms with Crippen molar-refractivity contribution >= 4 is 0 Å². The molecule has 0 bridgehead atoms. The molecule has 1 atom stereocenters. The molecule has 2 aromatic rings. The van der Waals surface area contributed by atoms with Crippen LogP contribution in [0.2, 0.25) is 0 Å². The molecule has 0 spiro atoms. The fourth-order valence-corrected chi connectivity index (χ4v) is 3.17. The van der Waals surface area contributed by atoms with Crippen molar-refractivity contribution in [2.24, 2.45) is 5.73 Å². The van der Waals surface area contributed by atoms with Gasteiger partial charge in [-0.3, -0.25) is 0 Å². The molecule has 2 aromatic carbocycles. The standard InChI is InChI=1S/C18H22N2/c1-20-10-9-18(15-5-3-2-4-6-15)17-8-7-14(12-19)11-16(17)13-20/h2-8,11,18H,9-10,12-13,19H2,1H3. The van der Waals surface area contributed by atoms with Crippen molar-refractivity contribution < 1.29 is 0 Å². The first-order valence-electron chi connectivity index (χ1n) is 7.33. The van der Waals surface area contributed by atoms with Gasteiger partial charge < -0.3 is 10.6 Å². The average Bonchev–Trinajstić information content (AvgIpc) is 2.65. The van der Waals surface area contributed by atoms with Gasteiger partial charge in [0.15, 0.2) is 0 Å². The summed E-state index contributed by atoms with van der Waals surface area (Å²) in [7, 11) is 2.20. The maximum Gasteiger partial charge on any atom is 0.0233 e. The predicted octanol–water partition coefficient (Wildman–Crippen LogP) is 3.11. The molecule has 3 rings (SSSR count). The first-order chi connectivity index (χ1) is 9.78. The lowest BCUT2D eigenvalue weighted by Crippen LogP contribution is -2.17. The van der Waals surface area contributed by atoms with Crippen LogP contribution in [0.3, 0.4) is 0 Å². The number of nitrogens with two attached hydrogens (primary N) is 1. The van der Waals surface area contributed by atoms with Gasteiger partial charge in [0, 0.05) is 19.0 Å². The van der Waals surface area contributed by atoms with Crippen molar-refractivity contribution in [3.8, 4) is 0 Å². The third-order valence-electron chi connectivity index (χ3n) is 4.26. The van der Waals surface area contributed by atoms with Crippen molar-refractivity contribution in [3.05, 3.63) is 70.8 Å². The van der Waals surface area contributed by atoms with Crippen LogP contribution in [-0.4, -0.2) is 18.5 Å². The topological polar surface area (TPSA) is 29.3 Å². The summed E-state index contributed by atoms with van der Waals surface area (Å²) in [4.78, 5) is 2.40. The molecule has 0 saturated heterocycles. The summed E-state index contributed by atoms with van der Waals surface area (Å²) in [6.45, 7) is 2.77. The Balaban J connectivity index is 2.06. The van der Waals surface area contributed by atoms with E-state index >= 15 is 0 Å². The van der Waals surface area contributed by atoms with Crippen molar-refractivity contribution in [3.63, 3.8) is 0 Å². The minimum atomic E-state index is 0.503. The zero-order valence-corrected chi connectivity index (χ0v) is 12.0. The van der Waals surface area contributed by atoms with E-state index in [4.69, 9.17) is 5.73 Å². The van der Waals surface area contributed by atoms with Crippen molar-refractivity contribution in [2.45, 2.75) is 25.4 Å². The molecular formula is C18H22N2. The van der Waals surface area contributed by atoms with Crippen LogP contribution in [0, 0.1) is 0 Å². The van der Waals surface area contributed by atoms with Crippen LogP contribution in [0.4, 0.5) is 0 Å². The first-order valence-corrected chi connectivity index (χ1v) is 7.33. The number of fused-ring (bicyclic) bond motifs is 1. The Hall–Kier alpha value is -1.64. The molecule has 1 heterocycles. The molecule has 0 radical (unpaired) electrons. The number of nitrogens with zero attached hydrogens (tertiary/aromatic N) is 1. The molecule has 0 fully saturated rings. The molecule has 2 heteroatoms. The zero-order chi connectivity index (χ0) is 13.9. The SMILES string of the molecule is CN1CCC(c2ccccc2)c2ccc(CN)cc2C1. The van der Waals surface area contributed by atoms with Crippen molar-refractivity contribution in [2.75, 3.05) is 13.6 Å². The Bertz CT molecular complexity index is 577. The van der Waals surface area contributed by atoms with E-state index < -0.39 is 0 Å². The van der Waals surface area contributed by atoms with E-state index in [2.05, 4.69) is 60.5 Å². The lowest BCUT2D eigenvalue weighted by atomic mass is 9.86. The Kier molecular flexibility index (Phi) is 3.86. The molecule has 0 aliphatic carbocycles. The van der Waals surface area contributed by atoms with Crippen molar-refractivity contribution in [1.29, 1.82) is 0 Å². The molecule has 1 aliphatic rings. The van der Waals surface area contributed by atoms with E-state index in [-0.39, 0.29) is 0 Å². The first kappa shape index (κ1) is 13.3. The number of hydrogen-bond donors (Lipinski definition) is 1. The minimum absolute atomic E-state index is 0.503. The Morgan fingerprint density at radius 3 is 2.70 bits per heavy atom. The summed E-state index contributed by atoms with van der Waals surface area (Å²) in [5, 5.41) is 0. The van der Waals surface area contributed by atoms with E-state index in [1.165, 1.54) is 28.7 Å². The normalized spacial score (nSPS) is 19.4. The molecule has 0 amide bonds. The van der Waals surface area contributed by atoms with Gasteiger partial charge in [-0.05, 0) is 42.3 Å². The van der Waals surface area contributed by atoms with Crippen LogP contribution < -0.4 is 5.73 Å². The molecule has 1 unspecified atom stereocenters. The van der Waals surface area contributed by atoms with Crippen molar-refractivity contribution in [1.82, 2.24) is 4.90 Å². The van der Waals surface area contributed by atoms with E-state index in [0.29, 0.717) is 12.5 Å². The summed E-state index contributed by atoms with van der Waals surface area (Å²) >= 11 is 0. The largest absolute Gasteiger partial charge is 0.326 e. The molecule has 2 N–H and O–H groups in total. The molecule has 104 valence electrons. The molecular weight excluding hydrogens is 244 g/mol. The van der Waals surface area contributed by atoms with Gasteiger partial charge in [0.05, 0.1) is 0 Å². The predicted molar refractivity (Wildman–Crippen MR) is 83.6 cm³/mol. The van der Waals surface area contributed by atoms with Crippen LogP contribution >= 0.6 is 0 Å². The highest BCUT2D eigenvalue weighted by atomic mass is 15.1. The Morgan fingerprint density at radius 2 is 1.95 bits per heavy atom. The van der Waals surface area contributed by atoms with Gasteiger partial charge in [0.25, 0.3) is 0 Å². The highest BCUT2D eigenvalue weighted by Crippen LogP contribution is 2.34. The van der Waals surface area contributed by atoms with Gasteiger partial charge in [-0.25, -0.2) is 0 Å². The second kappa shape index (κ2) is 5.78. The second-order valence-corrected chi connectivity index (χ2v) is 5.73. The molecule has 1 aliphatic heterocycles. The van der Waals surface area contributed by atoms with Crippen LogP contribution in [0.15, 0.2) is 48.5 Å². The second-order valence-electron chi connectivity index (χ2n) is 5.73. The van der Waals surface area contributed by atoms with Gasteiger partial charge in [-0.2, -0.15) is 0 Å². The summed E-state index contributed by atoms with van der Waals surface area (Å²) in [6, 6.07) is 17.6. The van der Waals surface area contributed by atoms with E-state index in [1.807, 2.05) is 0 Å². The van der Waals surface area contributed by atoms with Crippen LogP contribution in [-0.2, 0) is 13.1 Å². The summed E-state index contributed by atoms with van der Waals surface area (Å²) in [5.41, 5.74) is 11.3. The lowest BCUT2D eigenvalue weighted by Gasteiger charge is -2.18. The minimum Gasteiger partial charge on any atom is -0.326 e. The summed E-state index contributed by atoms with van der Waals surface area (Å²) in [6.07, 6.45) is 1.18. The average molecular weight is 266 g/mol. The Labute approximate surface area is 121 Å². The fraction of sp³-hybridized carbons (Fsp3) is 0.333. The zero-order valence-electron chi connectivity index (χ0n) is 12.0. The van der Waals surface area contributed by atoms with E-state index in [1.54, 1.807) is 0 Å². The molecule has 2 nitrogen and oxygen atoms in total. The maximum atomic E-state index is 5.79.